The van der Waals surface area contributed by atoms with Crippen LogP contribution in [0.1, 0.15) is 6.92 Å². The van der Waals surface area contributed by atoms with E-state index in [1.54, 1.807) is 5.31 Å². The Kier molecular flexibility index (Phi) is 1.35. The average molecular weight is 148 g/mol. The molecule has 0 saturated heterocycles. The average Bonchev–Trinajstić information content (AvgIpc) is 2.69. The third-order valence-electron chi connectivity index (χ3n) is 1.66. The van der Waals surface area contributed by atoms with E-state index in [9.17, 15) is 0 Å². The normalized spacial score (nSPS) is 22.1. The van der Waals surface area contributed by atoms with Crippen LogP contribution in [0.3, 0.4) is 0 Å². The quantitative estimate of drug-likeness (QED) is 0.537. The third-order valence-corrected chi connectivity index (χ3v) is 3.77. The van der Waals surface area contributed by atoms with Gasteiger partial charge in [0.1, 0.15) is 0 Å². The van der Waals surface area contributed by atoms with Gasteiger partial charge in [-0.1, -0.05) is 30.3 Å². The molecular formula is C9H9P. The number of hydrogen-bond acceptors (Lipinski definition) is 0. The molecule has 0 spiro atoms. The summed E-state index contributed by atoms with van der Waals surface area (Å²) >= 11 is 0. The molecular weight excluding hydrogens is 139 g/mol. The maximum Gasteiger partial charge on any atom is -0.0159 e. The summed E-state index contributed by atoms with van der Waals surface area (Å²) in [4.78, 5) is 0. The second-order valence-electron chi connectivity index (χ2n) is 2.48. The number of allylic oxidation sites excluding steroid dienone is 1. The monoisotopic (exact) mass is 148 g/mol. The maximum atomic E-state index is 2.35. The second-order valence-corrected chi connectivity index (χ2v) is 4.70. The molecule has 0 aromatic heterocycles. The van der Waals surface area contributed by atoms with Gasteiger partial charge in [-0.3, -0.25) is 0 Å². The highest BCUT2D eigenvalue weighted by Crippen LogP contribution is 2.59. The summed E-state index contributed by atoms with van der Waals surface area (Å²) in [6.07, 6.45) is 0. The molecule has 1 aliphatic heterocycles. The van der Waals surface area contributed by atoms with E-state index in [-0.39, 0.29) is 7.92 Å². The van der Waals surface area contributed by atoms with Crippen molar-refractivity contribution >= 4 is 13.2 Å². The van der Waals surface area contributed by atoms with Gasteiger partial charge in [-0.25, -0.2) is 0 Å². The van der Waals surface area contributed by atoms with Crippen LogP contribution in [0.2, 0.25) is 0 Å². The van der Waals surface area contributed by atoms with Crippen LogP contribution in [0.4, 0.5) is 0 Å². The molecule has 50 valence electrons. The molecule has 1 heterocycles. The Balaban J connectivity index is 2.22. The first-order chi connectivity index (χ1) is 4.88. The van der Waals surface area contributed by atoms with E-state index in [1.807, 2.05) is 0 Å². The van der Waals surface area contributed by atoms with E-state index in [4.69, 9.17) is 0 Å². The summed E-state index contributed by atoms with van der Waals surface area (Å²) in [6.45, 7) is 2.21. The molecule has 0 amide bonds. The van der Waals surface area contributed by atoms with Gasteiger partial charge in [-0.2, -0.15) is 0 Å². The molecule has 1 aromatic rings. The number of benzene rings is 1. The first-order valence-corrected chi connectivity index (χ1v) is 4.82. The summed E-state index contributed by atoms with van der Waals surface area (Å²) in [7, 11) is 0.0849. The molecule has 1 heteroatoms. The highest BCUT2D eigenvalue weighted by molar-refractivity contribution is 7.79. The lowest BCUT2D eigenvalue weighted by Gasteiger charge is -1.95. The van der Waals surface area contributed by atoms with Crippen LogP contribution in [-0.4, -0.2) is 0 Å². The topological polar surface area (TPSA) is 0 Å². The first kappa shape index (κ1) is 6.12. The van der Waals surface area contributed by atoms with Gasteiger partial charge in [0.05, 0.1) is 0 Å². The molecule has 0 nitrogen and oxygen atoms in total. The Morgan fingerprint density at radius 2 is 1.70 bits per heavy atom. The van der Waals surface area contributed by atoms with E-state index < -0.39 is 0 Å². The zero-order valence-corrected chi connectivity index (χ0v) is 6.81. The van der Waals surface area contributed by atoms with Gasteiger partial charge in [0.15, 0.2) is 0 Å². The molecule has 0 N–H and O–H groups in total. The Hall–Kier alpha value is -0.610. The van der Waals surface area contributed by atoms with Crippen LogP contribution in [-0.2, 0) is 0 Å². The zero-order chi connectivity index (χ0) is 6.97. The SMILES string of the molecule is CC1=CP1c1ccccc1. The predicted octanol–water partition coefficient (Wildman–Crippen LogP) is 2.67. The summed E-state index contributed by atoms with van der Waals surface area (Å²) < 4.78 is 0. The van der Waals surface area contributed by atoms with Crippen LogP contribution < -0.4 is 5.30 Å². The number of hydrogen-bond donors (Lipinski definition) is 0. The molecule has 0 saturated carbocycles. The fourth-order valence-corrected chi connectivity index (χ4v) is 2.56. The third kappa shape index (κ3) is 0.998. The maximum absolute atomic E-state index is 2.35. The smallest absolute Gasteiger partial charge is 0.0159 e. The zero-order valence-electron chi connectivity index (χ0n) is 5.91. The Morgan fingerprint density at radius 1 is 1.10 bits per heavy atom. The van der Waals surface area contributed by atoms with E-state index >= 15 is 0 Å². The van der Waals surface area contributed by atoms with Crippen molar-refractivity contribution in [3.63, 3.8) is 0 Å². The standard InChI is InChI=1S/C9H9P/c1-8-7-10(8)9-5-3-2-4-6-9/h2-7H,1H3. The van der Waals surface area contributed by atoms with Gasteiger partial charge in [0.2, 0.25) is 0 Å². The molecule has 2 rings (SSSR count). The van der Waals surface area contributed by atoms with Crippen molar-refractivity contribution < 1.29 is 0 Å². The second kappa shape index (κ2) is 2.21. The van der Waals surface area contributed by atoms with Crippen molar-refractivity contribution in [2.45, 2.75) is 6.92 Å². The van der Waals surface area contributed by atoms with Crippen molar-refractivity contribution in [3.05, 3.63) is 41.5 Å². The molecule has 1 unspecified atom stereocenters. The van der Waals surface area contributed by atoms with E-state index in [0.29, 0.717) is 0 Å². The van der Waals surface area contributed by atoms with Crippen molar-refractivity contribution in [1.82, 2.24) is 0 Å². The molecule has 0 bridgehead atoms. The van der Waals surface area contributed by atoms with Crippen LogP contribution in [0.25, 0.3) is 0 Å². The number of rotatable bonds is 1. The highest BCUT2D eigenvalue weighted by Gasteiger charge is 2.20. The molecule has 1 aromatic carbocycles. The van der Waals surface area contributed by atoms with Gasteiger partial charge < -0.3 is 0 Å². The predicted molar refractivity (Wildman–Crippen MR) is 46.8 cm³/mol. The van der Waals surface area contributed by atoms with E-state index in [0.717, 1.165) is 0 Å². The minimum atomic E-state index is 0.0849. The van der Waals surface area contributed by atoms with Crippen molar-refractivity contribution in [2.75, 3.05) is 0 Å². The summed E-state index contributed by atoms with van der Waals surface area (Å²) in [6, 6.07) is 10.7. The fourth-order valence-electron chi connectivity index (χ4n) is 1.02. The summed E-state index contributed by atoms with van der Waals surface area (Å²) in [5.74, 6) is 2.35. The van der Waals surface area contributed by atoms with Gasteiger partial charge in [0.25, 0.3) is 0 Å². The molecule has 0 radical (unpaired) electrons. The molecule has 0 aliphatic carbocycles. The van der Waals surface area contributed by atoms with E-state index in [1.165, 1.54) is 5.30 Å². The summed E-state index contributed by atoms with van der Waals surface area (Å²) in [5.41, 5.74) is 0. The molecule has 1 atom stereocenters. The van der Waals surface area contributed by atoms with Gasteiger partial charge >= 0.3 is 0 Å². The first-order valence-electron chi connectivity index (χ1n) is 3.40. The van der Waals surface area contributed by atoms with Crippen LogP contribution in [0.15, 0.2) is 41.5 Å². The van der Waals surface area contributed by atoms with Crippen LogP contribution in [0, 0.1) is 0 Å². The minimum Gasteiger partial charge on any atom is -0.0622 e. The Labute approximate surface area is 62.3 Å². The lowest BCUT2D eigenvalue weighted by molar-refractivity contribution is 1.75. The lowest BCUT2D eigenvalue weighted by Crippen LogP contribution is -1.90. The highest BCUT2D eigenvalue weighted by atomic mass is 31.1. The Morgan fingerprint density at radius 3 is 2.20 bits per heavy atom. The van der Waals surface area contributed by atoms with Crippen molar-refractivity contribution in [1.29, 1.82) is 0 Å². The molecule has 10 heavy (non-hydrogen) atoms. The van der Waals surface area contributed by atoms with E-state index in [2.05, 4.69) is 43.1 Å². The minimum absolute atomic E-state index is 0.0849. The fraction of sp³-hybridized carbons (Fsp3) is 0.111. The van der Waals surface area contributed by atoms with Crippen molar-refractivity contribution in [3.8, 4) is 0 Å². The van der Waals surface area contributed by atoms with Crippen LogP contribution >= 0.6 is 7.92 Å². The Bertz CT molecular complexity index is 261. The lowest BCUT2D eigenvalue weighted by atomic mass is 10.4. The van der Waals surface area contributed by atoms with Gasteiger partial charge in [-0.05, 0) is 31.3 Å². The summed E-state index contributed by atoms with van der Waals surface area (Å²) in [5, 5.41) is 3.07. The van der Waals surface area contributed by atoms with Crippen molar-refractivity contribution in [2.24, 2.45) is 0 Å². The van der Waals surface area contributed by atoms with Gasteiger partial charge in [-0.15, -0.1) is 0 Å². The van der Waals surface area contributed by atoms with Gasteiger partial charge in [0, 0.05) is 0 Å². The molecule has 1 aliphatic rings. The molecule has 0 fully saturated rings. The van der Waals surface area contributed by atoms with Crippen LogP contribution in [0.5, 0.6) is 0 Å². The largest absolute Gasteiger partial charge is 0.0622 e.